The summed E-state index contributed by atoms with van der Waals surface area (Å²) >= 11 is 0. The van der Waals surface area contributed by atoms with Crippen molar-refractivity contribution in [3.8, 4) is 5.75 Å². The van der Waals surface area contributed by atoms with Crippen LogP contribution in [0.25, 0.3) is 0 Å². The second-order valence-corrected chi connectivity index (χ2v) is 6.63. The highest BCUT2D eigenvalue weighted by atomic mass is 16.5. The predicted octanol–water partition coefficient (Wildman–Crippen LogP) is 3.85. The minimum Gasteiger partial charge on any atom is -0.497 e. The second-order valence-electron chi connectivity index (χ2n) is 6.63. The van der Waals surface area contributed by atoms with Crippen molar-refractivity contribution in [3.05, 3.63) is 89.4 Å². The molecule has 2 atom stereocenters. The number of nitrogens with zero attached hydrogens (tertiary/aromatic N) is 1. The quantitative estimate of drug-likeness (QED) is 0.730. The highest BCUT2D eigenvalue weighted by molar-refractivity contribution is 6.00. The number of furan rings is 1. The van der Waals surface area contributed by atoms with Crippen LogP contribution in [0.2, 0.25) is 0 Å². The normalized spacial score (nSPS) is 18.6. The molecule has 0 saturated carbocycles. The average Bonchev–Trinajstić information content (AvgIpc) is 3.23. The van der Waals surface area contributed by atoms with Crippen molar-refractivity contribution in [3.63, 3.8) is 0 Å². The zero-order valence-corrected chi connectivity index (χ0v) is 15.2. The standard InChI is InChI=1S/C22H19NO5/c1-27-15-10-8-14(9-11-15)20-19(22(25)26)17-6-2-3-7-18(17)21(24)23(20)13-16-5-4-12-28-16/h2-12,19-20H,13H2,1H3,(H,25,26)/t19-,20+/m1/s1. The fraction of sp³-hybridized carbons (Fsp3) is 0.182. The van der Waals surface area contributed by atoms with Crippen LogP contribution in [0.3, 0.4) is 0 Å². The van der Waals surface area contributed by atoms with Gasteiger partial charge in [-0.1, -0.05) is 30.3 Å². The molecule has 0 radical (unpaired) electrons. The molecule has 1 aliphatic heterocycles. The number of aliphatic carboxylic acids is 1. The van der Waals surface area contributed by atoms with Gasteiger partial charge in [0.25, 0.3) is 5.91 Å². The molecule has 1 N–H and O–H groups in total. The monoisotopic (exact) mass is 377 g/mol. The van der Waals surface area contributed by atoms with E-state index in [1.54, 1.807) is 72.7 Å². The summed E-state index contributed by atoms with van der Waals surface area (Å²) in [5.74, 6) is -0.834. The first-order valence-electron chi connectivity index (χ1n) is 8.89. The van der Waals surface area contributed by atoms with Gasteiger partial charge in [-0.2, -0.15) is 0 Å². The van der Waals surface area contributed by atoms with E-state index in [0.29, 0.717) is 22.6 Å². The SMILES string of the molecule is COc1ccc([C@H]2[C@H](C(=O)O)c3ccccc3C(=O)N2Cc2ccco2)cc1. The lowest BCUT2D eigenvalue weighted by molar-refractivity contribution is -0.140. The van der Waals surface area contributed by atoms with Crippen LogP contribution >= 0.6 is 0 Å². The van der Waals surface area contributed by atoms with Crippen LogP contribution in [0.5, 0.6) is 5.75 Å². The number of carboxylic acids is 1. The summed E-state index contributed by atoms with van der Waals surface area (Å²) in [5.41, 5.74) is 1.66. The molecule has 28 heavy (non-hydrogen) atoms. The van der Waals surface area contributed by atoms with Crippen LogP contribution in [0.1, 0.15) is 39.2 Å². The van der Waals surface area contributed by atoms with E-state index in [1.807, 2.05) is 0 Å². The van der Waals surface area contributed by atoms with Gasteiger partial charge in [0.15, 0.2) is 0 Å². The topological polar surface area (TPSA) is 80.0 Å². The lowest BCUT2D eigenvalue weighted by Gasteiger charge is -2.40. The van der Waals surface area contributed by atoms with Crippen molar-refractivity contribution in [1.82, 2.24) is 4.90 Å². The van der Waals surface area contributed by atoms with E-state index >= 15 is 0 Å². The molecule has 0 bridgehead atoms. The van der Waals surface area contributed by atoms with Crippen LogP contribution < -0.4 is 4.74 Å². The number of hydrogen-bond donors (Lipinski definition) is 1. The molecule has 2 heterocycles. The highest BCUT2D eigenvalue weighted by Crippen LogP contribution is 2.43. The third-order valence-corrected chi connectivity index (χ3v) is 5.07. The van der Waals surface area contributed by atoms with E-state index < -0.39 is 17.9 Å². The molecule has 4 rings (SSSR count). The summed E-state index contributed by atoms with van der Waals surface area (Å²) in [6.07, 6.45) is 1.54. The first-order chi connectivity index (χ1) is 13.6. The number of rotatable bonds is 5. The Balaban J connectivity index is 1.87. The maximum Gasteiger partial charge on any atom is 0.313 e. The van der Waals surface area contributed by atoms with Crippen LogP contribution in [0.15, 0.2) is 71.3 Å². The number of fused-ring (bicyclic) bond motifs is 1. The van der Waals surface area contributed by atoms with Crippen molar-refractivity contribution < 1.29 is 23.8 Å². The number of benzene rings is 2. The van der Waals surface area contributed by atoms with Gasteiger partial charge in [-0.05, 0) is 41.5 Å². The van der Waals surface area contributed by atoms with Crippen molar-refractivity contribution in [1.29, 1.82) is 0 Å². The zero-order valence-electron chi connectivity index (χ0n) is 15.2. The Hall–Kier alpha value is -3.54. The van der Waals surface area contributed by atoms with Crippen molar-refractivity contribution in [2.24, 2.45) is 0 Å². The highest BCUT2D eigenvalue weighted by Gasteiger charge is 2.44. The summed E-state index contributed by atoms with van der Waals surface area (Å²) in [4.78, 5) is 27.1. The first-order valence-corrected chi connectivity index (χ1v) is 8.89. The smallest absolute Gasteiger partial charge is 0.313 e. The molecule has 142 valence electrons. The molecule has 1 aromatic heterocycles. The van der Waals surface area contributed by atoms with E-state index in [0.717, 1.165) is 5.56 Å². The molecule has 6 heteroatoms. The van der Waals surface area contributed by atoms with Gasteiger partial charge < -0.3 is 19.2 Å². The number of carbonyl (C=O) groups excluding carboxylic acids is 1. The minimum atomic E-state index is -0.981. The fourth-order valence-electron chi connectivity index (χ4n) is 3.78. The largest absolute Gasteiger partial charge is 0.497 e. The van der Waals surface area contributed by atoms with Gasteiger partial charge in [0.05, 0.1) is 26.0 Å². The van der Waals surface area contributed by atoms with Crippen molar-refractivity contribution >= 4 is 11.9 Å². The third-order valence-electron chi connectivity index (χ3n) is 5.07. The number of hydrogen-bond acceptors (Lipinski definition) is 4. The predicted molar refractivity (Wildman–Crippen MR) is 101 cm³/mol. The molecule has 1 amide bonds. The molecule has 2 aromatic carbocycles. The van der Waals surface area contributed by atoms with E-state index in [4.69, 9.17) is 9.15 Å². The number of carboxylic acid groups (broad SMARTS) is 1. The maximum absolute atomic E-state index is 13.3. The van der Waals surface area contributed by atoms with Crippen LogP contribution in [-0.2, 0) is 11.3 Å². The van der Waals surface area contributed by atoms with E-state index in [9.17, 15) is 14.7 Å². The zero-order chi connectivity index (χ0) is 19.7. The Labute approximate surface area is 162 Å². The van der Waals surface area contributed by atoms with Gasteiger partial charge in [-0.25, -0.2) is 0 Å². The molecule has 0 spiro atoms. The van der Waals surface area contributed by atoms with E-state index in [1.165, 1.54) is 6.26 Å². The van der Waals surface area contributed by atoms with E-state index in [-0.39, 0.29) is 12.5 Å². The maximum atomic E-state index is 13.3. The Kier molecular flexibility index (Phi) is 4.61. The lowest BCUT2D eigenvalue weighted by Crippen LogP contribution is -2.44. The van der Waals surface area contributed by atoms with Gasteiger partial charge >= 0.3 is 5.97 Å². The number of amides is 1. The molecule has 0 fully saturated rings. The third kappa shape index (κ3) is 3.03. The summed E-state index contributed by atoms with van der Waals surface area (Å²) < 4.78 is 10.6. The summed E-state index contributed by atoms with van der Waals surface area (Å²) in [6, 6.07) is 16.9. The van der Waals surface area contributed by atoms with Gasteiger partial charge in [0.2, 0.25) is 0 Å². The first kappa shape index (κ1) is 17.9. The summed E-state index contributed by atoms with van der Waals surface area (Å²) in [6.45, 7) is 0.181. The molecular weight excluding hydrogens is 358 g/mol. The summed E-state index contributed by atoms with van der Waals surface area (Å²) in [7, 11) is 1.57. The number of methoxy groups -OCH3 is 1. The molecular formula is C22H19NO5. The average molecular weight is 377 g/mol. The Morgan fingerprint density at radius 1 is 1.11 bits per heavy atom. The Morgan fingerprint density at radius 3 is 2.50 bits per heavy atom. The van der Waals surface area contributed by atoms with Crippen molar-refractivity contribution in [2.45, 2.75) is 18.5 Å². The number of ether oxygens (including phenoxy) is 1. The lowest BCUT2D eigenvalue weighted by atomic mass is 9.79. The van der Waals surface area contributed by atoms with E-state index in [2.05, 4.69) is 0 Å². The Morgan fingerprint density at radius 2 is 1.86 bits per heavy atom. The van der Waals surface area contributed by atoms with Crippen molar-refractivity contribution in [2.75, 3.05) is 7.11 Å². The molecule has 0 saturated heterocycles. The van der Waals surface area contributed by atoms with Gasteiger partial charge in [-0.3, -0.25) is 9.59 Å². The molecule has 1 aliphatic rings. The summed E-state index contributed by atoms with van der Waals surface area (Å²) in [5, 5.41) is 10.1. The van der Waals surface area contributed by atoms with Crippen LogP contribution in [0.4, 0.5) is 0 Å². The number of carbonyl (C=O) groups is 2. The van der Waals surface area contributed by atoms with Crippen LogP contribution in [-0.4, -0.2) is 29.0 Å². The van der Waals surface area contributed by atoms with Gasteiger partial charge in [0.1, 0.15) is 17.4 Å². The molecule has 6 nitrogen and oxygen atoms in total. The second kappa shape index (κ2) is 7.23. The fourth-order valence-corrected chi connectivity index (χ4v) is 3.78. The van der Waals surface area contributed by atoms with Gasteiger partial charge in [-0.15, -0.1) is 0 Å². The molecule has 0 aliphatic carbocycles. The van der Waals surface area contributed by atoms with Gasteiger partial charge in [0, 0.05) is 5.56 Å². The molecule has 3 aromatic rings. The minimum absolute atomic E-state index is 0.181. The molecule has 0 unspecified atom stereocenters. The van der Waals surface area contributed by atoms with Crippen LogP contribution in [0, 0.1) is 0 Å². The Bertz CT molecular complexity index is 994.